The number of rotatable bonds is 3. The molecule has 0 saturated heterocycles. The van der Waals surface area contributed by atoms with E-state index in [9.17, 15) is 5.11 Å². The second-order valence-corrected chi connectivity index (χ2v) is 5.85. The van der Waals surface area contributed by atoms with Gasteiger partial charge in [0, 0.05) is 0 Å². The molecule has 1 fully saturated rings. The molecule has 1 aliphatic carbocycles. The average Bonchev–Trinajstić information content (AvgIpc) is 2.24. The Hall–Kier alpha value is -0.0400. The summed E-state index contributed by atoms with van der Waals surface area (Å²) in [7, 11) is 0. The van der Waals surface area contributed by atoms with Crippen LogP contribution in [-0.4, -0.2) is 10.7 Å². The molecule has 0 bridgehead atoms. The van der Waals surface area contributed by atoms with Crippen molar-refractivity contribution in [3.05, 3.63) is 0 Å². The Kier molecular flexibility index (Phi) is 4.00. The summed E-state index contributed by atoms with van der Waals surface area (Å²) in [6.07, 6.45) is 9.10. The molecule has 0 aliphatic heterocycles. The van der Waals surface area contributed by atoms with Crippen LogP contribution in [0.1, 0.15) is 72.1 Å². The summed E-state index contributed by atoms with van der Waals surface area (Å²) in [4.78, 5) is 0. The fourth-order valence-corrected chi connectivity index (χ4v) is 2.47. The molecule has 1 N–H and O–H groups in total. The van der Waals surface area contributed by atoms with Crippen molar-refractivity contribution in [2.45, 2.75) is 77.7 Å². The van der Waals surface area contributed by atoms with Crippen LogP contribution in [0, 0.1) is 5.41 Å². The highest BCUT2D eigenvalue weighted by Gasteiger charge is 2.32. The second-order valence-electron chi connectivity index (χ2n) is 5.85. The van der Waals surface area contributed by atoms with E-state index in [1.807, 2.05) is 0 Å². The van der Waals surface area contributed by atoms with Gasteiger partial charge in [-0.2, -0.15) is 0 Å². The SMILES string of the molecule is CCCCC1(O)CCCC(C)(C)CC1. The Bertz CT molecular complexity index is 174. The molecule has 0 aromatic carbocycles. The lowest BCUT2D eigenvalue weighted by Crippen LogP contribution is -2.27. The van der Waals surface area contributed by atoms with Crippen LogP contribution >= 0.6 is 0 Å². The van der Waals surface area contributed by atoms with Gasteiger partial charge in [-0.15, -0.1) is 0 Å². The summed E-state index contributed by atoms with van der Waals surface area (Å²) >= 11 is 0. The van der Waals surface area contributed by atoms with Crippen LogP contribution in [0.3, 0.4) is 0 Å². The molecular formula is C13H26O. The maximum absolute atomic E-state index is 10.4. The van der Waals surface area contributed by atoms with Crippen molar-refractivity contribution in [1.29, 1.82) is 0 Å². The Morgan fingerprint density at radius 3 is 2.43 bits per heavy atom. The molecule has 0 aromatic heterocycles. The number of aliphatic hydroxyl groups is 1. The van der Waals surface area contributed by atoms with Crippen molar-refractivity contribution < 1.29 is 5.11 Å². The van der Waals surface area contributed by atoms with Crippen LogP contribution in [0.4, 0.5) is 0 Å². The molecule has 0 heterocycles. The molecule has 0 aromatic rings. The minimum Gasteiger partial charge on any atom is -0.390 e. The molecule has 1 aliphatic rings. The predicted octanol–water partition coefficient (Wildman–Crippen LogP) is 3.90. The minimum absolute atomic E-state index is 0.330. The van der Waals surface area contributed by atoms with Crippen molar-refractivity contribution in [1.82, 2.24) is 0 Å². The maximum Gasteiger partial charge on any atom is 0.0648 e. The van der Waals surface area contributed by atoms with Gasteiger partial charge < -0.3 is 5.11 Å². The largest absolute Gasteiger partial charge is 0.390 e. The first-order chi connectivity index (χ1) is 6.47. The van der Waals surface area contributed by atoms with Crippen molar-refractivity contribution in [2.24, 2.45) is 5.41 Å². The third kappa shape index (κ3) is 3.61. The monoisotopic (exact) mass is 198 g/mol. The zero-order valence-electron chi connectivity index (χ0n) is 10.1. The highest BCUT2D eigenvalue weighted by atomic mass is 16.3. The molecule has 1 heteroatoms. The van der Waals surface area contributed by atoms with Gasteiger partial charge in [0.25, 0.3) is 0 Å². The topological polar surface area (TPSA) is 20.2 Å². The molecule has 0 radical (unpaired) electrons. The fraction of sp³-hybridized carbons (Fsp3) is 1.00. The summed E-state index contributed by atoms with van der Waals surface area (Å²) in [5, 5.41) is 10.4. The second kappa shape index (κ2) is 4.65. The highest BCUT2D eigenvalue weighted by Crippen LogP contribution is 2.39. The molecule has 14 heavy (non-hydrogen) atoms. The molecule has 0 amide bonds. The first-order valence-corrected chi connectivity index (χ1v) is 6.20. The first kappa shape index (κ1) is 12.0. The zero-order valence-corrected chi connectivity index (χ0v) is 10.1. The van der Waals surface area contributed by atoms with Gasteiger partial charge in [-0.1, -0.05) is 40.0 Å². The van der Waals surface area contributed by atoms with Gasteiger partial charge >= 0.3 is 0 Å². The lowest BCUT2D eigenvalue weighted by molar-refractivity contribution is 0.0119. The van der Waals surface area contributed by atoms with E-state index >= 15 is 0 Å². The summed E-state index contributed by atoms with van der Waals surface area (Å²) in [6, 6.07) is 0. The van der Waals surface area contributed by atoms with E-state index in [1.165, 1.54) is 32.1 Å². The molecule has 1 rings (SSSR count). The van der Waals surface area contributed by atoms with Gasteiger partial charge in [-0.05, 0) is 37.5 Å². The lowest BCUT2D eigenvalue weighted by Gasteiger charge is -2.27. The van der Waals surface area contributed by atoms with E-state index in [0.29, 0.717) is 5.41 Å². The van der Waals surface area contributed by atoms with Crippen LogP contribution in [0.2, 0.25) is 0 Å². The minimum atomic E-state index is -0.330. The van der Waals surface area contributed by atoms with Gasteiger partial charge in [0.2, 0.25) is 0 Å². The smallest absolute Gasteiger partial charge is 0.0648 e. The Labute approximate surface area is 88.9 Å². The summed E-state index contributed by atoms with van der Waals surface area (Å²) < 4.78 is 0. The van der Waals surface area contributed by atoms with Gasteiger partial charge in [0.15, 0.2) is 0 Å². The third-order valence-electron chi connectivity index (χ3n) is 3.76. The van der Waals surface area contributed by atoms with Gasteiger partial charge in [-0.3, -0.25) is 0 Å². The molecule has 0 spiro atoms. The number of hydrogen-bond acceptors (Lipinski definition) is 1. The molecule has 1 nitrogen and oxygen atoms in total. The van der Waals surface area contributed by atoms with Crippen LogP contribution in [0.15, 0.2) is 0 Å². The summed E-state index contributed by atoms with van der Waals surface area (Å²) in [6.45, 7) is 6.86. The Morgan fingerprint density at radius 1 is 1.07 bits per heavy atom. The normalized spacial score (nSPS) is 32.6. The molecule has 1 atom stereocenters. The van der Waals surface area contributed by atoms with E-state index < -0.39 is 0 Å². The zero-order chi connectivity index (χ0) is 10.7. The fourth-order valence-electron chi connectivity index (χ4n) is 2.47. The van der Waals surface area contributed by atoms with Crippen LogP contribution in [0.25, 0.3) is 0 Å². The van der Waals surface area contributed by atoms with Crippen LogP contribution in [-0.2, 0) is 0 Å². The number of hydrogen-bond donors (Lipinski definition) is 1. The summed E-state index contributed by atoms with van der Waals surface area (Å²) in [5.74, 6) is 0. The van der Waals surface area contributed by atoms with Crippen LogP contribution in [0.5, 0.6) is 0 Å². The molecule has 1 unspecified atom stereocenters. The predicted molar refractivity (Wildman–Crippen MR) is 61.3 cm³/mol. The van der Waals surface area contributed by atoms with Crippen LogP contribution < -0.4 is 0 Å². The van der Waals surface area contributed by atoms with E-state index in [2.05, 4.69) is 20.8 Å². The standard InChI is InChI=1S/C13H26O/c1-4-5-8-13(14)9-6-7-12(2,3)10-11-13/h14H,4-11H2,1-3H3. The van der Waals surface area contributed by atoms with E-state index in [4.69, 9.17) is 0 Å². The van der Waals surface area contributed by atoms with Crippen molar-refractivity contribution >= 4 is 0 Å². The number of unbranched alkanes of at least 4 members (excludes halogenated alkanes) is 1. The van der Waals surface area contributed by atoms with Crippen molar-refractivity contribution in [2.75, 3.05) is 0 Å². The van der Waals surface area contributed by atoms with Gasteiger partial charge in [-0.25, -0.2) is 0 Å². The molecule has 1 saturated carbocycles. The molecular weight excluding hydrogens is 172 g/mol. The lowest BCUT2D eigenvalue weighted by atomic mass is 9.83. The molecule has 84 valence electrons. The van der Waals surface area contributed by atoms with Crippen molar-refractivity contribution in [3.63, 3.8) is 0 Å². The van der Waals surface area contributed by atoms with Gasteiger partial charge in [0.1, 0.15) is 0 Å². The van der Waals surface area contributed by atoms with Crippen molar-refractivity contribution in [3.8, 4) is 0 Å². The van der Waals surface area contributed by atoms with E-state index in [0.717, 1.165) is 19.3 Å². The highest BCUT2D eigenvalue weighted by molar-refractivity contribution is 4.86. The van der Waals surface area contributed by atoms with Gasteiger partial charge in [0.05, 0.1) is 5.60 Å². The maximum atomic E-state index is 10.4. The first-order valence-electron chi connectivity index (χ1n) is 6.20. The Morgan fingerprint density at radius 2 is 1.79 bits per heavy atom. The average molecular weight is 198 g/mol. The third-order valence-corrected chi connectivity index (χ3v) is 3.76. The van der Waals surface area contributed by atoms with E-state index in [1.54, 1.807) is 0 Å². The summed E-state index contributed by atoms with van der Waals surface area (Å²) in [5.41, 5.74) is 0.125. The Balaban J connectivity index is 2.47. The quantitative estimate of drug-likeness (QED) is 0.682. The van der Waals surface area contributed by atoms with E-state index in [-0.39, 0.29) is 5.60 Å².